The van der Waals surface area contributed by atoms with Crippen molar-refractivity contribution in [1.29, 1.82) is 0 Å². The topological polar surface area (TPSA) is 64.3 Å². The molecule has 1 amide bonds. The quantitative estimate of drug-likeness (QED) is 0.887. The van der Waals surface area contributed by atoms with Crippen LogP contribution >= 0.6 is 0 Å². The highest BCUT2D eigenvalue weighted by molar-refractivity contribution is 5.98. The first-order valence-electron chi connectivity index (χ1n) is 6.92. The van der Waals surface area contributed by atoms with E-state index in [-0.39, 0.29) is 5.91 Å². The molecule has 0 bridgehead atoms. The van der Waals surface area contributed by atoms with Crippen LogP contribution in [0, 0.1) is 0 Å². The number of carbonyl (C=O) groups excluding carboxylic acids is 1. The number of hydrogen-bond acceptors (Lipinski definition) is 3. The predicted molar refractivity (Wildman–Crippen MR) is 84.2 cm³/mol. The smallest absolute Gasteiger partial charge is 0.248 e. The van der Waals surface area contributed by atoms with Crippen LogP contribution in [0.15, 0.2) is 54.6 Å². The first-order chi connectivity index (χ1) is 10.0. The lowest BCUT2D eigenvalue weighted by atomic mass is 9.92. The van der Waals surface area contributed by atoms with Crippen LogP contribution in [0.2, 0.25) is 0 Å². The van der Waals surface area contributed by atoms with E-state index in [0.717, 1.165) is 11.3 Å². The van der Waals surface area contributed by atoms with Gasteiger partial charge in [0.05, 0.1) is 6.61 Å². The Labute approximate surface area is 124 Å². The van der Waals surface area contributed by atoms with Gasteiger partial charge in [-0.2, -0.15) is 0 Å². The van der Waals surface area contributed by atoms with Crippen LogP contribution in [0.25, 0.3) is 0 Å². The van der Waals surface area contributed by atoms with Crippen LogP contribution in [0.5, 0.6) is 5.75 Å². The molecule has 3 N–H and O–H groups in total. The van der Waals surface area contributed by atoms with Crippen LogP contribution in [0.4, 0.5) is 5.69 Å². The summed E-state index contributed by atoms with van der Waals surface area (Å²) in [5.41, 5.74) is 6.55. The highest BCUT2D eigenvalue weighted by Crippen LogP contribution is 2.21. The van der Waals surface area contributed by atoms with Crippen LogP contribution in [-0.2, 0) is 10.3 Å². The Kier molecular flexibility index (Phi) is 4.60. The summed E-state index contributed by atoms with van der Waals surface area (Å²) in [6.45, 7) is 4.24. The molecule has 0 spiro atoms. The Morgan fingerprint density at radius 3 is 2.33 bits per heavy atom. The molecular weight excluding hydrogens is 264 g/mol. The van der Waals surface area contributed by atoms with Crippen molar-refractivity contribution >= 4 is 11.6 Å². The van der Waals surface area contributed by atoms with E-state index in [0.29, 0.717) is 12.3 Å². The zero-order chi connectivity index (χ0) is 15.3. The molecule has 4 nitrogen and oxygen atoms in total. The summed E-state index contributed by atoms with van der Waals surface area (Å²) < 4.78 is 5.37. The number of ether oxygens (including phenoxy) is 1. The fourth-order valence-corrected chi connectivity index (χ4v) is 1.98. The first-order valence-corrected chi connectivity index (χ1v) is 6.92. The van der Waals surface area contributed by atoms with E-state index in [2.05, 4.69) is 5.32 Å². The predicted octanol–water partition coefficient (Wildman–Crippen LogP) is 2.90. The van der Waals surface area contributed by atoms with Gasteiger partial charge >= 0.3 is 0 Å². The minimum absolute atomic E-state index is 0.252. The average molecular weight is 284 g/mol. The number of nitrogens with two attached hydrogens (primary N) is 1. The average Bonchev–Trinajstić information content (AvgIpc) is 2.50. The van der Waals surface area contributed by atoms with Crippen LogP contribution in [0.3, 0.4) is 0 Å². The third-order valence-corrected chi connectivity index (χ3v) is 3.27. The summed E-state index contributed by atoms with van der Waals surface area (Å²) in [6, 6.07) is 16.5. The minimum Gasteiger partial charge on any atom is -0.494 e. The second kappa shape index (κ2) is 6.41. The van der Waals surface area contributed by atoms with Gasteiger partial charge in [-0.1, -0.05) is 30.3 Å². The molecule has 0 aliphatic rings. The van der Waals surface area contributed by atoms with Gasteiger partial charge in [-0.15, -0.1) is 0 Å². The van der Waals surface area contributed by atoms with Crippen molar-refractivity contribution in [3.8, 4) is 5.75 Å². The van der Waals surface area contributed by atoms with E-state index in [1.807, 2.05) is 49.4 Å². The molecule has 0 saturated carbocycles. The molecule has 0 aliphatic carbocycles. The third-order valence-electron chi connectivity index (χ3n) is 3.27. The molecule has 0 aromatic heterocycles. The monoisotopic (exact) mass is 284 g/mol. The maximum atomic E-state index is 12.4. The third kappa shape index (κ3) is 3.61. The van der Waals surface area contributed by atoms with Crippen LogP contribution in [0.1, 0.15) is 19.4 Å². The van der Waals surface area contributed by atoms with Crippen molar-refractivity contribution in [3.05, 3.63) is 60.2 Å². The molecule has 2 rings (SSSR count). The number of benzene rings is 2. The SMILES string of the molecule is CCOc1ccc(NC(=O)C(C)(N)c2ccccc2)cc1. The summed E-state index contributed by atoms with van der Waals surface area (Å²) in [5, 5.41) is 2.83. The molecule has 1 atom stereocenters. The van der Waals surface area contributed by atoms with Crippen LogP contribution in [-0.4, -0.2) is 12.5 Å². The Hall–Kier alpha value is -2.33. The van der Waals surface area contributed by atoms with E-state index in [4.69, 9.17) is 10.5 Å². The fourth-order valence-electron chi connectivity index (χ4n) is 1.98. The lowest BCUT2D eigenvalue weighted by Gasteiger charge is -2.24. The lowest BCUT2D eigenvalue weighted by Crippen LogP contribution is -2.45. The largest absolute Gasteiger partial charge is 0.494 e. The number of carbonyl (C=O) groups is 1. The molecule has 0 aliphatic heterocycles. The fraction of sp³-hybridized carbons (Fsp3) is 0.235. The maximum Gasteiger partial charge on any atom is 0.248 e. The second-order valence-electron chi connectivity index (χ2n) is 4.98. The molecule has 0 fully saturated rings. The van der Waals surface area contributed by atoms with E-state index in [1.165, 1.54) is 0 Å². The second-order valence-corrected chi connectivity index (χ2v) is 4.98. The minimum atomic E-state index is -1.08. The molecule has 0 saturated heterocycles. The molecule has 21 heavy (non-hydrogen) atoms. The molecule has 2 aromatic rings. The van der Waals surface area contributed by atoms with Gasteiger partial charge in [0.15, 0.2) is 0 Å². The van der Waals surface area contributed by atoms with E-state index >= 15 is 0 Å². The number of hydrogen-bond donors (Lipinski definition) is 2. The molecule has 0 radical (unpaired) electrons. The molecular formula is C17H20N2O2. The Bertz CT molecular complexity index is 592. The molecule has 4 heteroatoms. The van der Waals surface area contributed by atoms with Crippen LogP contribution < -0.4 is 15.8 Å². The lowest BCUT2D eigenvalue weighted by molar-refractivity contribution is -0.120. The highest BCUT2D eigenvalue weighted by atomic mass is 16.5. The normalized spacial score (nSPS) is 13.3. The van der Waals surface area contributed by atoms with Crippen molar-refractivity contribution in [1.82, 2.24) is 0 Å². The zero-order valence-electron chi connectivity index (χ0n) is 12.3. The summed E-state index contributed by atoms with van der Waals surface area (Å²) in [7, 11) is 0. The standard InChI is InChI=1S/C17H20N2O2/c1-3-21-15-11-9-14(10-12-15)19-16(20)17(2,18)13-7-5-4-6-8-13/h4-12H,3,18H2,1-2H3,(H,19,20). The summed E-state index contributed by atoms with van der Waals surface area (Å²) in [6.07, 6.45) is 0. The number of anilines is 1. The van der Waals surface area contributed by atoms with Gasteiger partial charge in [0.25, 0.3) is 0 Å². The van der Waals surface area contributed by atoms with Gasteiger partial charge in [0.2, 0.25) is 5.91 Å². The highest BCUT2D eigenvalue weighted by Gasteiger charge is 2.30. The van der Waals surface area contributed by atoms with Gasteiger partial charge < -0.3 is 15.8 Å². The Balaban J connectivity index is 2.10. The zero-order valence-corrected chi connectivity index (χ0v) is 12.3. The van der Waals surface area contributed by atoms with E-state index in [9.17, 15) is 4.79 Å². The van der Waals surface area contributed by atoms with Crippen molar-refractivity contribution < 1.29 is 9.53 Å². The van der Waals surface area contributed by atoms with Gasteiger partial charge in [-0.25, -0.2) is 0 Å². The van der Waals surface area contributed by atoms with Crippen molar-refractivity contribution in [3.63, 3.8) is 0 Å². The summed E-state index contributed by atoms with van der Waals surface area (Å²) in [5.74, 6) is 0.520. The van der Waals surface area contributed by atoms with E-state index < -0.39 is 5.54 Å². The number of nitrogens with one attached hydrogen (secondary N) is 1. The van der Waals surface area contributed by atoms with Gasteiger partial charge in [0.1, 0.15) is 11.3 Å². The van der Waals surface area contributed by atoms with Gasteiger partial charge in [0, 0.05) is 5.69 Å². The summed E-state index contributed by atoms with van der Waals surface area (Å²) in [4.78, 5) is 12.4. The number of rotatable bonds is 5. The van der Waals surface area contributed by atoms with Crippen molar-refractivity contribution in [2.75, 3.05) is 11.9 Å². The Morgan fingerprint density at radius 1 is 1.14 bits per heavy atom. The Morgan fingerprint density at radius 2 is 1.76 bits per heavy atom. The molecule has 2 aromatic carbocycles. The molecule has 110 valence electrons. The molecule has 0 heterocycles. The summed E-state index contributed by atoms with van der Waals surface area (Å²) >= 11 is 0. The van der Waals surface area contributed by atoms with E-state index in [1.54, 1.807) is 19.1 Å². The number of amides is 1. The molecule has 1 unspecified atom stereocenters. The van der Waals surface area contributed by atoms with Crippen molar-refractivity contribution in [2.45, 2.75) is 19.4 Å². The van der Waals surface area contributed by atoms with Gasteiger partial charge in [-0.3, -0.25) is 4.79 Å². The maximum absolute atomic E-state index is 12.4. The van der Waals surface area contributed by atoms with Gasteiger partial charge in [-0.05, 0) is 43.7 Å². The van der Waals surface area contributed by atoms with Crippen molar-refractivity contribution in [2.24, 2.45) is 5.73 Å². The first kappa shape index (κ1) is 15.1.